The summed E-state index contributed by atoms with van der Waals surface area (Å²) in [7, 11) is 1.29. The minimum absolute atomic E-state index is 0.105. The van der Waals surface area contributed by atoms with E-state index in [2.05, 4.69) is 27.8 Å². The first-order valence-electron chi connectivity index (χ1n) is 14.9. The summed E-state index contributed by atoms with van der Waals surface area (Å²) in [6.45, 7) is 4.63. The molecular formula is C35H38N4O5. The summed E-state index contributed by atoms with van der Waals surface area (Å²) in [5.41, 5.74) is 6.15. The third-order valence-electron chi connectivity index (χ3n) is 7.77. The second-order valence-corrected chi connectivity index (χ2v) is 11.5. The molecule has 44 heavy (non-hydrogen) atoms. The lowest BCUT2D eigenvalue weighted by Gasteiger charge is -2.23. The lowest BCUT2D eigenvalue weighted by molar-refractivity contribution is -0.145. The molecule has 1 aromatic heterocycles. The zero-order valence-corrected chi connectivity index (χ0v) is 25.2. The number of alkyl carbamates (subject to hydrolysis) is 1. The van der Waals surface area contributed by atoms with E-state index in [1.807, 2.05) is 91.3 Å². The van der Waals surface area contributed by atoms with Crippen LogP contribution in [0.25, 0.3) is 11.1 Å². The molecule has 0 unspecified atom stereocenters. The van der Waals surface area contributed by atoms with Gasteiger partial charge in [-0.05, 0) is 40.2 Å². The zero-order chi connectivity index (χ0) is 31.1. The van der Waals surface area contributed by atoms with Crippen molar-refractivity contribution in [2.24, 2.45) is 5.92 Å². The first-order valence-corrected chi connectivity index (χ1v) is 14.9. The molecule has 3 aromatic carbocycles. The molecular weight excluding hydrogens is 556 g/mol. The van der Waals surface area contributed by atoms with Gasteiger partial charge in [0.2, 0.25) is 5.91 Å². The number of methoxy groups -OCH3 is 1. The van der Waals surface area contributed by atoms with Crippen molar-refractivity contribution >= 4 is 18.0 Å². The van der Waals surface area contributed by atoms with Crippen LogP contribution in [0.1, 0.15) is 48.6 Å². The van der Waals surface area contributed by atoms with Crippen LogP contribution in [-0.2, 0) is 32.0 Å². The molecule has 2 atom stereocenters. The van der Waals surface area contributed by atoms with E-state index in [1.54, 1.807) is 6.33 Å². The number of carbonyl (C=O) groups excluding carboxylic acids is 3. The van der Waals surface area contributed by atoms with Crippen molar-refractivity contribution in [1.82, 2.24) is 20.2 Å². The van der Waals surface area contributed by atoms with Crippen LogP contribution in [0.2, 0.25) is 0 Å². The molecule has 5 rings (SSSR count). The van der Waals surface area contributed by atoms with Crippen LogP contribution in [0.3, 0.4) is 0 Å². The Hall–Kier alpha value is -4.92. The quantitative estimate of drug-likeness (QED) is 0.221. The third-order valence-corrected chi connectivity index (χ3v) is 7.77. The molecule has 4 aromatic rings. The monoisotopic (exact) mass is 594 g/mol. The number of esters is 1. The molecule has 1 aliphatic rings. The normalized spacial score (nSPS) is 13.5. The number of hydrogen-bond donors (Lipinski definition) is 2. The van der Waals surface area contributed by atoms with Crippen LogP contribution in [0.4, 0.5) is 4.79 Å². The van der Waals surface area contributed by atoms with E-state index in [4.69, 9.17) is 9.47 Å². The van der Waals surface area contributed by atoms with Gasteiger partial charge in [0.25, 0.3) is 0 Å². The number of nitrogens with zero attached hydrogens (tertiary/aromatic N) is 2. The number of aromatic nitrogens is 2. The molecule has 0 radical (unpaired) electrons. The molecule has 1 heterocycles. The number of hydrogen-bond acceptors (Lipinski definition) is 6. The number of amides is 2. The number of imidazole rings is 1. The van der Waals surface area contributed by atoms with Crippen molar-refractivity contribution in [2.45, 2.75) is 51.2 Å². The fourth-order valence-electron chi connectivity index (χ4n) is 5.69. The van der Waals surface area contributed by atoms with E-state index in [0.29, 0.717) is 18.7 Å². The molecule has 0 bridgehead atoms. The number of benzene rings is 3. The third kappa shape index (κ3) is 7.34. The predicted octanol–water partition coefficient (Wildman–Crippen LogP) is 5.09. The first kappa shape index (κ1) is 30.5. The summed E-state index contributed by atoms with van der Waals surface area (Å²) in [5, 5.41) is 5.51. The van der Waals surface area contributed by atoms with Crippen molar-refractivity contribution in [1.29, 1.82) is 0 Å². The summed E-state index contributed by atoms with van der Waals surface area (Å²) in [5.74, 6) is -1.06. The van der Waals surface area contributed by atoms with Crippen LogP contribution in [-0.4, -0.2) is 53.3 Å². The molecule has 0 spiro atoms. The summed E-state index contributed by atoms with van der Waals surface area (Å²) in [6, 6.07) is 24.2. The summed E-state index contributed by atoms with van der Waals surface area (Å²) < 4.78 is 12.6. The number of fused-ring (bicyclic) bond motifs is 3. The standard InChI is InChI=1S/C35H38N4O5/c1-23(2)17-32(34(41)43-3)37-33(40)31(18-25-20-39(22-36-25)19-24-11-5-4-6-12-24)38-35(42)44-21-30-28-15-9-7-13-26(28)27-14-8-10-16-29(27)30/h4-16,20,22-23,30-32H,17-19,21H2,1-3H3,(H,37,40)(H,38,42)/t31-,32+/m1/s1. The molecule has 9 heteroatoms. The van der Waals surface area contributed by atoms with Crippen LogP contribution >= 0.6 is 0 Å². The largest absolute Gasteiger partial charge is 0.467 e. The highest BCUT2D eigenvalue weighted by atomic mass is 16.5. The van der Waals surface area contributed by atoms with Gasteiger partial charge in [0.05, 0.1) is 19.1 Å². The topological polar surface area (TPSA) is 112 Å². The average Bonchev–Trinajstić information content (AvgIpc) is 3.60. The van der Waals surface area contributed by atoms with Gasteiger partial charge in [0.15, 0.2) is 0 Å². The van der Waals surface area contributed by atoms with E-state index in [0.717, 1.165) is 27.8 Å². The summed E-state index contributed by atoms with van der Waals surface area (Å²) >= 11 is 0. The van der Waals surface area contributed by atoms with Gasteiger partial charge in [-0.1, -0.05) is 92.7 Å². The second-order valence-electron chi connectivity index (χ2n) is 11.5. The Morgan fingerprint density at radius 1 is 0.864 bits per heavy atom. The molecule has 0 saturated carbocycles. The van der Waals surface area contributed by atoms with Crippen LogP contribution in [0.5, 0.6) is 0 Å². The highest BCUT2D eigenvalue weighted by molar-refractivity contribution is 5.90. The van der Waals surface area contributed by atoms with Crippen LogP contribution in [0, 0.1) is 5.92 Å². The van der Waals surface area contributed by atoms with Crippen LogP contribution in [0.15, 0.2) is 91.4 Å². The van der Waals surface area contributed by atoms with Crippen molar-refractivity contribution < 1.29 is 23.9 Å². The van der Waals surface area contributed by atoms with E-state index >= 15 is 0 Å². The fourth-order valence-corrected chi connectivity index (χ4v) is 5.69. The zero-order valence-electron chi connectivity index (χ0n) is 25.2. The van der Waals surface area contributed by atoms with E-state index in [9.17, 15) is 14.4 Å². The smallest absolute Gasteiger partial charge is 0.407 e. The molecule has 1 aliphatic carbocycles. The number of rotatable bonds is 12. The Balaban J connectivity index is 1.30. The first-order chi connectivity index (χ1) is 21.3. The Labute approximate surface area is 257 Å². The lowest BCUT2D eigenvalue weighted by Crippen LogP contribution is -2.53. The predicted molar refractivity (Wildman–Crippen MR) is 167 cm³/mol. The van der Waals surface area contributed by atoms with Gasteiger partial charge in [-0.3, -0.25) is 4.79 Å². The maximum atomic E-state index is 13.6. The highest BCUT2D eigenvalue weighted by Gasteiger charge is 2.31. The molecule has 2 N–H and O–H groups in total. The minimum Gasteiger partial charge on any atom is -0.467 e. The Morgan fingerprint density at radius 3 is 2.14 bits per heavy atom. The Bertz CT molecular complexity index is 1550. The molecule has 2 amide bonds. The van der Waals surface area contributed by atoms with Gasteiger partial charge >= 0.3 is 12.1 Å². The number of ether oxygens (including phenoxy) is 2. The molecule has 0 saturated heterocycles. The van der Waals surface area contributed by atoms with Gasteiger partial charge in [-0.25, -0.2) is 14.6 Å². The average molecular weight is 595 g/mol. The minimum atomic E-state index is -1.04. The van der Waals surface area contributed by atoms with Crippen molar-refractivity contribution in [3.8, 4) is 11.1 Å². The van der Waals surface area contributed by atoms with Gasteiger partial charge in [0, 0.05) is 25.1 Å². The maximum Gasteiger partial charge on any atom is 0.407 e. The summed E-state index contributed by atoms with van der Waals surface area (Å²) in [6.07, 6.45) is 3.31. The molecule has 9 nitrogen and oxygen atoms in total. The van der Waals surface area contributed by atoms with E-state index in [1.165, 1.54) is 7.11 Å². The highest BCUT2D eigenvalue weighted by Crippen LogP contribution is 2.44. The van der Waals surface area contributed by atoms with E-state index < -0.39 is 30.1 Å². The van der Waals surface area contributed by atoms with Crippen molar-refractivity contribution in [3.05, 3.63) is 114 Å². The second kappa shape index (κ2) is 14.0. The van der Waals surface area contributed by atoms with Gasteiger partial charge in [0.1, 0.15) is 18.7 Å². The fraction of sp³-hybridized carbons (Fsp3) is 0.314. The molecule has 0 fully saturated rings. The van der Waals surface area contributed by atoms with Crippen molar-refractivity contribution in [3.63, 3.8) is 0 Å². The number of nitrogens with one attached hydrogen (secondary N) is 2. The number of carbonyl (C=O) groups is 3. The molecule has 228 valence electrons. The van der Waals surface area contributed by atoms with Crippen LogP contribution < -0.4 is 10.6 Å². The van der Waals surface area contributed by atoms with Gasteiger partial charge < -0.3 is 24.7 Å². The maximum absolute atomic E-state index is 13.6. The lowest BCUT2D eigenvalue weighted by atomic mass is 9.98. The molecule has 0 aliphatic heterocycles. The Morgan fingerprint density at radius 2 is 1.50 bits per heavy atom. The Kier molecular flexibility index (Phi) is 9.74. The van der Waals surface area contributed by atoms with Gasteiger partial charge in [-0.2, -0.15) is 0 Å². The van der Waals surface area contributed by atoms with Crippen molar-refractivity contribution in [2.75, 3.05) is 13.7 Å². The SMILES string of the molecule is COC(=O)[C@H](CC(C)C)NC(=O)[C@@H](Cc1cn(Cc2ccccc2)cn1)NC(=O)OCC1c2ccccc2-c2ccccc21. The summed E-state index contributed by atoms with van der Waals surface area (Å²) in [4.78, 5) is 43.7. The van der Waals surface area contributed by atoms with Gasteiger partial charge in [-0.15, -0.1) is 0 Å². The van der Waals surface area contributed by atoms with E-state index in [-0.39, 0.29) is 24.9 Å².